The first-order chi connectivity index (χ1) is 17.7. The number of ether oxygens (including phenoxy) is 2. The average Bonchev–Trinajstić information content (AvgIpc) is 2.91. The van der Waals surface area contributed by atoms with Crippen molar-refractivity contribution in [2.75, 3.05) is 0 Å². The second kappa shape index (κ2) is 11.4. The Bertz CT molecular complexity index is 1150. The average molecular weight is 484 g/mol. The molecule has 36 heavy (non-hydrogen) atoms. The molecule has 2 atom stereocenters. The number of Topliss-reactive ketones (excluding diaryl/α,β-unsaturated/α-hetero) is 1. The Kier molecular flexibility index (Phi) is 7.65. The Hall–Kier alpha value is -3.60. The maximum absolute atomic E-state index is 13.3. The van der Waals surface area contributed by atoms with E-state index < -0.39 is 0 Å². The van der Waals surface area contributed by atoms with E-state index in [0.717, 1.165) is 54.5 Å². The van der Waals surface area contributed by atoms with Gasteiger partial charge in [-0.1, -0.05) is 72.8 Å². The van der Waals surface area contributed by atoms with Crippen LogP contribution in [-0.4, -0.2) is 28.9 Å². The maximum Gasteiger partial charge on any atom is 0.410 e. The summed E-state index contributed by atoms with van der Waals surface area (Å²) in [4.78, 5) is 28.2. The van der Waals surface area contributed by atoms with Crippen LogP contribution >= 0.6 is 0 Å². The first-order valence-corrected chi connectivity index (χ1v) is 12.9. The van der Waals surface area contributed by atoms with Gasteiger partial charge in [0.2, 0.25) is 0 Å². The van der Waals surface area contributed by atoms with Crippen LogP contribution in [0.1, 0.15) is 48.8 Å². The SMILES string of the molecule is O=C(Cc1cccc(OCc2ccccc2)c1)C1CC2CCCC(C1)N2C(=O)OCc1ccccc1. The van der Waals surface area contributed by atoms with Crippen LogP contribution in [0.5, 0.6) is 5.75 Å². The summed E-state index contributed by atoms with van der Waals surface area (Å²) in [7, 11) is 0. The third-order valence-electron chi connectivity index (χ3n) is 7.37. The zero-order valence-corrected chi connectivity index (χ0v) is 20.6. The maximum atomic E-state index is 13.3. The fourth-order valence-electron chi connectivity index (χ4n) is 5.57. The minimum Gasteiger partial charge on any atom is -0.489 e. The molecule has 2 saturated heterocycles. The van der Waals surface area contributed by atoms with Crippen LogP contribution in [0.4, 0.5) is 4.79 Å². The lowest BCUT2D eigenvalue weighted by Gasteiger charge is -2.47. The van der Waals surface area contributed by atoms with Gasteiger partial charge in [0.15, 0.2) is 0 Å². The van der Waals surface area contributed by atoms with Crippen molar-refractivity contribution in [2.24, 2.45) is 5.92 Å². The molecule has 2 aliphatic rings. The zero-order valence-electron chi connectivity index (χ0n) is 20.6. The van der Waals surface area contributed by atoms with E-state index in [1.807, 2.05) is 89.8 Å². The molecular formula is C31H33NO4. The Balaban J connectivity index is 1.17. The Morgan fingerprint density at radius 1 is 0.750 bits per heavy atom. The van der Waals surface area contributed by atoms with Gasteiger partial charge in [-0.25, -0.2) is 4.79 Å². The lowest BCUT2D eigenvalue weighted by molar-refractivity contribution is -0.126. The molecule has 0 spiro atoms. The third-order valence-corrected chi connectivity index (χ3v) is 7.37. The fourth-order valence-corrected chi connectivity index (χ4v) is 5.57. The van der Waals surface area contributed by atoms with Crippen LogP contribution in [0, 0.1) is 5.92 Å². The summed E-state index contributed by atoms with van der Waals surface area (Å²) in [5.74, 6) is 1.01. The van der Waals surface area contributed by atoms with Gasteiger partial charge in [0, 0.05) is 24.4 Å². The fraction of sp³-hybridized carbons (Fsp3) is 0.355. The van der Waals surface area contributed by atoms with Crippen LogP contribution < -0.4 is 4.74 Å². The smallest absolute Gasteiger partial charge is 0.410 e. The first kappa shape index (κ1) is 24.1. The van der Waals surface area contributed by atoms with Crippen LogP contribution in [0.3, 0.4) is 0 Å². The van der Waals surface area contributed by atoms with Crippen molar-refractivity contribution in [3.8, 4) is 5.75 Å². The molecule has 3 aromatic rings. The summed E-state index contributed by atoms with van der Waals surface area (Å²) in [6.45, 7) is 0.779. The van der Waals surface area contributed by atoms with Gasteiger partial charge in [-0.05, 0) is 60.9 Å². The van der Waals surface area contributed by atoms with Gasteiger partial charge in [-0.2, -0.15) is 0 Å². The van der Waals surface area contributed by atoms with Crippen molar-refractivity contribution < 1.29 is 19.1 Å². The number of carbonyl (C=O) groups is 2. The number of hydrogen-bond donors (Lipinski definition) is 0. The molecule has 0 aliphatic carbocycles. The summed E-state index contributed by atoms with van der Waals surface area (Å²) in [6.07, 6.45) is 4.56. The van der Waals surface area contributed by atoms with Gasteiger partial charge in [-0.3, -0.25) is 4.79 Å². The van der Waals surface area contributed by atoms with E-state index in [-0.39, 0.29) is 36.5 Å². The monoisotopic (exact) mass is 483 g/mol. The van der Waals surface area contributed by atoms with Gasteiger partial charge in [0.05, 0.1) is 0 Å². The van der Waals surface area contributed by atoms with Crippen LogP contribution in [0.15, 0.2) is 84.9 Å². The molecule has 2 heterocycles. The molecular weight excluding hydrogens is 450 g/mol. The van der Waals surface area contributed by atoms with Gasteiger partial charge >= 0.3 is 6.09 Å². The van der Waals surface area contributed by atoms with Crippen molar-refractivity contribution in [3.05, 3.63) is 102 Å². The van der Waals surface area contributed by atoms with Crippen LogP contribution in [-0.2, 0) is 29.2 Å². The van der Waals surface area contributed by atoms with E-state index in [0.29, 0.717) is 13.0 Å². The molecule has 2 unspecified atom stereocenters. The molecule has 186 valence electrons. The summed E-state index contributed by atoms with van der Waals surface area (Å²) in [6, 6.07) is 27.8. The van der Waals surface area contributed by atoms with Crippen molar-refractivity contribution >= 4 is 11.9 Å². The lowest BCUT2D eigenvalue weighted by Crippen LogP contribution is -2.55. The number of nitrogens with zero attached hydrogens (tertiary/aromatic N) is 1. The van der Waals surface area contributed by atoms with E-state index >= 15 is 0 Å². The zero-order chi connectivity index (χ0) is 24.7. The number of ketones is 1. The largest absolute Gasteiger partial charge is 0.489 e. The molecule has 0 aromatic heterocycles. The standard InChI is InChI=1S/C31H33NO4/c33-30(18-25-13-7-16-29(17-25)35-21-23-9-3-1-4-10-23)26-19-27-14-8-15-28(20-26)32(27)31(34)36-22-24-11-5-2-6-12-24/h1-7,9-13,16-17,26-28H,8,14-15,18-22H2. The lowest BCUT2D eigenvalue weighted by atomic mass is 9.76. The number of benzene rings is 3. The van der Waals surface area contributed by atoms with Crippen molar-refractivity contribution in [2.45, 2.75) is 63.8 Å². The van der Waals surface area contributed by atoms with E-state index in [2.05, 4.69) is 0 Å². The molecule has 2 fully saturated rings. The van der Waals surface area contributed by atoms with Gasteiger partial charge in [0.25, 0.3) is 0 Å². The molecule has 1 amide bonds. The highest BCUT2D eigenvalue weighted by molar-refractivity contribution is 5.84. The Labute approximate surface area is 213 Å². The highest BCUT2D eigenvalue weighted by Gasteiger charge is 2.43. The number of carbonyl (C=O) groups excluding carboxylic acids is 2. The predicted molar refractivity (Wildman–Crippen MR) is 139 cm³/mol. The quantitative estimate of drug-likeness (QED) is 0.375. The summed E-state index contributed by atoms with van der Waals surface area (Å²) in [5.41, 5.74) is 3.07. The number of piperidine rings is 2. The topological polar surface area (TPSA) is 55.8 Å². The number of fused-ring (bicyclic) bond motifs is 2. The highest BCUT2D eigenvalue weighted by Crippen LogP contribution is 2.38. The van der Waals surface area contributed by atoms with E-state index in [4.69, 9.17) is 9.47 Å². The highest BCUT2D eigenvalue weighted by atomic mass is 16.6. The second-order valence-corrected chi connectivity index (χ2v) is 9.92. The molecule has 5 nitrogen and oxygen atoms in total. The van der Waals surface area contributed by atoms with Crippen molar-refractivity contribution in [1.82, 2.24) is 4.90 Å². The Morgan fingerprint density at radius 2 is 1.36 bits per heavy atom. The minimum atomic E-state index is -0.247. The third kappa shape index (κ3) is 5.96. The first-order valence-electron chi connectivity index (χ1n) is 12.9. The van der Waals surface area contributed by atoms with Gasteiger partial charge < -0.3 is 14.4 Å². The molecule has 0 saturated carbocycles. The van der Waals surface area contributed by atoms with Gasteiger partial charge in [-0.15, -0.1) is 0 Å². The molecule has 5 rings (SSSR count). The summed E-state index contributed by atoms with van der Waals surface area (Å²) >= 11 is 0. The second-order valence-electron chi connectivity index (χ2n) is 9.92. The van der Waals surface area contributed by atoms with Crippen molar-refractivity contribution in [3.63, 3.8) is 0 Å². The summed E-state index contributed by atoms with van der Waals surface area (Å²) < 4.78 is 11.6. The molecule has 2 bridgehead atoms. The summed E-state index contributed by atoms with van der Waals surface area (Å²) in [5, 5.41) is 0. The van der Waals surface area contributed by atoms with Gasteiger partial charge in [0.1, 0.15) is 24.7 Å². The van der Waals surface area contributed by atoms with Crippen LogP contribution in [0.25, 0.3) is 0 Å². The van der Waals surface area contributed by atoms with E-state index in [1.165, 1.54) is 0 Å². The Morgan fingerprint density at radius 3 is 2.03 bits per heavy atom. The minimum absolute atomic E-state index is 0.0210. The van der Waals surface area contributed by atoms with E-state index in [1.54, 1.807) is 0 Å². The normalized spacial score (nSPS) is 21.0. The molecule has 3 aromatic carbocycles. The molecule has 5 heteroatoms. The van der Waals surface area contributed by atoms with Crippen molar-refractivity contribution in [1.29, 1.82) is 0 Å². The predicted octanol–water partition coefficient (Wildman–Crippen LogP) is 6.35. The molecule has 0 N–H and O–H groups in total. The molecule has 2 aliphatic heterocycles. The number of rotatable bonds is 8. The number of amides is 1. The molecule has 0 radical (unpaired) electrons. The number of hydrogen-bond acceptors (Lipinski definition) is 4. The van der Waals surface area contributed by atoms with E-state index in [9.17, 15) is 9.59 Å². The van der Waals surface area contributed by atoms with Crippen LogP contribution in [0.2, 0.25) is 0 Å².